The minimum Gasteiger partial charge on any atom is -0.207 e. The van der Waals surface area contributed by atoms with Crippen LogP contribution in [0.15, 0.2) is 46.2 Å². The van der Waals surface area contributed by atoms with Gasteiger partial charge < -0.3 is 0 Å². The molecule has 4 nitrogen and oxygen atoms in total. The van der Waals surface area contributed by atoms with Crippen LogP contribution in [0.5, 0.6) is 0 Å². The lowest BCUT2D eigenvalue weighted by molar-refractivity contribution is 0.586. The quantitative estimate of drug-likeness (QED) is 0.665. The first-order valence-electron chi connectivity index (χ1n) is 4.48. The SMILES string of the molecule is O=S1(=O)c2cccc3cccc(c23)S1(=O)=O. The number of hydrogen-bond donors (Lipinski definition) is 0. The van der Waals surface area contributed by atoms with Crippen LogP contribution in [-0.2, 0) is 17.7 Å². The maximum absolute atomic E-state index is 11.8. The predicted molar refractivity (Wildman–Crippen MR) is 58.3 cm³/mol. The van der Waals surface area contributed by atoms with Crippen LogP contribution in [0, 0.1) is 0 Å². The summed E-state index contributed by atoms with van der Waals surface area (Å²) in [6, 6.07) is 9.12. The van der Waals surface area contributed by atoms with Crippen LogP contribution in [0.2, 0.25) is 0 Å². The molecule has 0 aromatic heterocycles. The van der Waals surface area contributed by atoms with E-state index in [0.717, 1.165) is 0 Å². The van der Waals surface area contributed by atoms with Crippen molar-refractivity contribution in [2.45, 2.75) is 9.79 Å². The Balaban J connectivity index is 2.77. The molecule has 0 atom stereocenters. The fraction of sp³-hybridized carbons (Fsp3) is 0. The number of hydrogen-bond acceptors (Lipinski definition) is 4. The molecule has 0 radical (unpaired) electrons. The summed E-state index contributed by atoms with van der Waals surface area (Å²) in [7, 11) is -8.53. The third-order valence-corrected chi connectivity index (χ3v) is 7.80. The van der Waals surface area contributed by atoms with E-state index in [4.69, 9.17) is 0 Å². The minimum absolute atomic E-state index is 0.111. The van der Waals surface area contributed by atoms with Gasteiger partial charge in [-0.3, -0.25) is 0 Å². The lowest BCUT2D eigenvalue weighted by Gasteiger charge is -1.96. The second kappa shape index (κ2) is 2.64. The Labute approximate surface area is 91.8 Å². The summed E-state index contributed by atoms with van der Waals surface area (Å²) in [4.78, 5) is -0.221. The predicted octanol–water partition coefficient (Wildman–Crippen LogP) is 1.32. The number of benzene rings is 2. The molecule has 0 amide bonds. The summed E-state index contributed by atoms with van der Waals surface area (Å²) in [6.45, 7) is 0. The van der Waals surface area contributed by atoms with Crippen LogP contribution >= 0.6 is 0 Å². The van der Waals surface area contributed by atoms with E-state index >= 15 is 0 Å². The van der Waals surface area contributed by atoms with Crippen molar-refractivity contribution in [3.05, 3.63) is 36.4 Å². The molecule has 6 heteroatoms. The first kappa shape index (κ1) is 9.80. The van der Waals surface area contributed by atoms with Crippen LogP contribution < -0.4 is 0 Å². The third-order valence-electron chi connectivity index (χ3n) is 2.66. The average Bonchev–Trinajstić information content (AvgIpc) is 2.40. The molecular weight excluding hydrogens is 248 g/mol. The lowest BCUT2D eigenvalue weighted by atomic mass is 10.1. The maximum Gasteiger partial charge on any atom is 0.287 e. The van der Waals surface area contributed by atoms with Gasteiger partial charge in [-0.1, -0.05) is 24.3 Å². The molecule has 3 rings (SSSR count). The van der Waals surface area contributed by atoms with Crippen molar-refractivity contribution in [1.82, 2.24) is 0 Å². The van der Waals surface area contributed by atoms with Gasteiger partial charge in [0.25, 0.3) is 17.7 Å². The molecule has 2 aromatic rings. The van der Waals surface area contributed by atoms with E-state index in [0.29, 0.717) is 10.8 Å². The monoisotopic (exact) mass is 254 g/mol. The van der Waals surface area contributed by atoms with Gasteiger partial charge in [0.2, 0.25) is 0 Å². The Bertz CT molecular complexity index is 750. The van der Waals surface area contributed by atoms with E-state index in [1.54, 1.807) is 24.3 Å². The lowest BCUT2D eigenvalue weighted by Crippen LogP contribution is -2.09. The van der Waals surface area contributed by atoms with Crippen LogP contribution in [0.1, 0.15) is 0 Å². The van der Waals surface area contributed by atoms with Gasteiger partial charge in [0.05, 0.1) is 9.79 Å². The Morgan fingerprint density at radius 3 is 1.56 bits per heavy atom. The summed E-state index contributed by atoms with van der Waals surface area (Å²) < 4.78 is 47.2. The van der Waals surface area contributed by atoms with Gasteiger partial charge in [0, 0.05) is 5.39 Å². The largest absolute Gasteiger partial charge is 0.287 e. The molecule has 1 aliphatic heterocycles. The van der Waals surface area contributed by atoms with Gasteiger partial charge in [-0.25, -0.2) is 16.8 Å². The van der Waals surface area contributed by atoms with Crippen LogP contribution in [0.25, 0.3) is 10.8 Å². The molecule has 0 unspecified atom stereocenters. The fourth-order valence-corrected chi connectivity index (χ4v) is 6.16. The molecule has 0 bridgehead atoms. The van der Waals surface area contributed by atoms with Crippen molar-refractivity contribution in [2.24, 2.45) is 0 Å². The van der Waals surface area contributed by atoms with Crippen LogP contribution in [-0.4, -0.2) is 16.8 Å². The summed E-state index contributed by atoms with van der Waals surface area (Å²) >= 11 is 0. The molecule has 1 heterocycles. The van der Waals surface area contributed by atoms with Crippen molar-refractivity contribution in [1.29, 1.82) is 0 Å². The van der Waals surface area contributed by atoms with Gasteiger partial charge in [-0.2, -0.15) is 0 Å². The zero-order valence-electron chi connectivity index (χ0n) is 7.91. The first-order chi connectivity index (χ1) is 7.46. The van der Waals surface area contributed by atoms with Crippen LogP contribution in [0.4, 0.5) is 0 Å². The normalized spacial score (nSPS) is 20.0. The van der Waals surface area contributed by atoms with E-state index in [9.17, 15) is 16.8 Å². The second-order valence-corrected chi connectivity index (χ2v) is 8.85. The van der Waals surface area contributed by atoms with Crippen molar-refractivity contribution >= 4 is 28.5 Å². The topological polar surface area (TPSA) is 68.3 Å². The standard InChI is InChI=1S/C10H6O4S2/c11-15(12)8-5-1-3-7-4-2-6-9(10(7)8)16(15,13)14/h1-6H. The summed E-state index contributed by atoms with van der Waals surface area (Å²) in [5.41, 5.74) is 0. The van der Waals surface area contributed by atoms with Gasteiger partial charge in [0.15, 0.2) is 0 Å². The molecule has 0 fully saturated rings. The second-order valence-electron chi connectivity index (χ2n) is 3.52. The maximum atomic E-state index is 11.8. The van der Waals surface area contributed by atoms with Gasteiger partial charge in [-0.15, -0.1) is 0 Å². The molecular formula is C10H6O4S2. The summed E-state index contributed by atoms with van der Waals surface area (Å²) in [5, 5.41) is 0.935. The molecule has 82 valence electrons. The molecule has 0 N–H and O–H groups in total. The minimum atomic E-state index is -4.26. The Kier molecular flexibility index (Phi) is 1.62. The highest BCUT2D eigenvalue weighted by atomic mass is 33.2. The highest BCUT2D eigenvalue weighted by molar-refractivity contribution is 8.67. The average molecular weight is 254 g/mol. The van der Waals surface area contributed by atoms with Crippen molar-refractivity contribution in [3.8, 4) is 0 Å². The van der Waals surface area contributed by atoms with Gasteiger partial charge in [0.1, 0.15) is 0 Å². The zero-order chi connectivity index (χ0) is 11.6. The first-order valence-corrected chi connectivity index (χ1v) is 7.96. The molecule has 1 aliphatic rings. The summed E-state index contributed by atoms with van der Waals surface area (Å²) in [6.07, 6.45) is 0. The summed E-state index contributed by atoms with van der Waals surface area (Å²) in [5.74, 6) is 0. The smallest absolute Gasteiger partial charge is 0.207 e. The fourth-order valence-electron chi connectivity index (χ4n) is 1.93. The number of rotatable bonds is 0. The zero-order valence-corrected chi connectivity index (χ0v) is 9.55. The molecule has 0 aliphatic carbocycles. The highest BCUT2D eigenvalue weighted by Gasteiger charge is 2.43. The van der Waals surface area contributed by atoms with Gasteiger partial charge >= 0.3 is 0 Å². The van der Waals surface area contributed by atoms with Crippen LogP contribution in [0.3, 0.4) is 0 Å². The highest BCUT2D eigenvalue weighted by Crippen LogP contribution is 2.41. The van der Waals surface area contributed by atoms with Crippen molar-refractivity contribution in [3.63, 3.8) is 0 Å². The van der Waals surface area contributed by atoms with E-state index in [1.165, 1.54) is 12.1 Å². The van der Waals surface area contributed by atoms with E-state index in [-0.39, 0.29) is 9.79 Å². The van der Waals surface area contributed by atoms with E-state index in [2.05, 4.69) is 0 Å². The molecule has 0 saturated heterocycles. The Hall–Kier alpha value is -1.40. The molecule has 2 aromatic carbocycles. The van der Waals surface area contributed by atoms with Crippen molar-refractivity contribution < 1.29 is 16.8 Å². The van der Waals surface area contributed by atoms with Crippen molar-refractivity contribution in [2.75, 3.05) is 0 Å². The molecule has 0 spiro atoms. The Morgan fingerprint density at radius 1 is 0.688 bits per heavy atom. The molecule has 0 saturated carbocycles. The third kappa shape index (κ3) is 0.892. The van der Waals surface area contributed by atoms with Gasteiger partial charge in [-0.05, 0) is 17.5 Å². The van der Waals surface area contributed by atoms with E-state index < -0.39 is 17.7 Å². The molecule has 16 heavy (non-hydrogen) atoms. The van der Waals surface area contributed by atoms with E-state index in [1.807, 2.05) is 0 Å². The Morgan fingerprint density at radius 2 is 1.12 bits per heavy atom.